The van der Waals surface area contributed by atoms with E-state index >= 15 is 0 Å². The quantitative estimate of drug-likeness (QED) is 0.514. The molecule has 0 atom stereocenters. The van der Waals surface area contributed by atoms with E-state index in [1.807, 2.05) is 47.4 Å². The second kappa shape index (κ2) is 8.12. The van der Waals surface area contributed by atoms with Crippen molar-refractivity contribution < 1.29 is 14.2 Å². The summed E-state index contributed by atoms with van der Waals surface area (Å²) in [4.78, 5) is 15.1. The van der Waals surface area contributed by atoms with Gasteiger partial charge in [-0.15, -0.1) is 0 Å². The summed E-state index contributed by atoms with van der Waals surface area (Å²) in [5.41, 5.74) is 8.38. The van der Waals surface area contributed by atoms with Gasteiger partial charge in [0.05, 0.1) is 32.5 Å². The first-order valence-corrected chi connectivity index (χ1v) is 9.18. The Balaban J connectivity index is 1.96. The third-order valence-electron chi connectivity index (χ3n) is 4.62. The van der Waals surface area contributed by atoms with Crippen LogP contribution in [0.2, 0.25) is 0 Å². The van der Waals surface area contributed by atoms with Crippen molar-refractivity contribution in [3.63, 3.8) is 0 Å². The van der Waals surface area contributed by atoms with Crippen molar-refractivity contribution in [2.75, 3.05) is 32.0 Å². The number of pyridine rings is 1. The summed E-state index contributed by atoms with van der Waals surface area (Å²) >= 11 is 0. The summed E-state index contributed by atoms with van der Waals surface area (Å²) in [5, 5.41) is 0.983. The fourth-order valence-electron chi connectivity index (χ4n) is 3.25. The van der Waals surface area contributed by atoms with Crippen LogP contribution in [0.4, 0.5) is 23.1 Å². The molecule has 0 spiro atoms. The van der Waals surface area contributed by atoms with E-state index in [9.17, 15) is 0 Å². The number of hydrogen-bond acceptors (Lipinski definition) is 8. The van der Waals surface area contributed by atoms with E-state index in [2.05, 4.69) is 15.0 Å². The Labute approximate surface area is 173 Å². The number of fused-ring (bicyclic) bond motifs is 1. The minimum Gasteiger partial charge on any atom is -0.493 e. The molecule has 0 aliphatic heterocycles. The van der Waals surface area contributed by atoms with Crippen LogP contribution in [0.3, 0.4) is 0 Å². The zero-order valence-electron chi connectivity index (χ0n) is 16.9. The van der Waals surface area contributed by atoms with Crippen molar-refractivity contribution in [1.29, 1.82) is 0 Å². The number of benzene rings is 2. The SMILES string of the molecule is COc1cc(N(c2ccc3ncccc3c2)c2nccc(N)n2)cc(OC)c1OC. The summed E-state index contributed by atoms with van der Waals surface area (Å²) in [5.74, 6) is 2.30. The summed E-state index contributed by atoms with van der Waals surface area (Å²) in [6, 6.07) is 15.1. The zero-order valence-corrected chi connectivity index (χ0v) is 16.9. The van der Waals surface area contributed by atoms with Gasteiger partial charge in [-0.3, -0.25) is 9.88 Å². The molecular formula is C22H21N5O3. The van der Waals surface area contributed by atoms with Gasteiger partial charge in [0.25, 0.3) is 0 Å². The van der Waals surface area contributed by atoms with Gasteiger partial charge in [-0.05, 0) is 30.3 Å². The molecule has 0 fully saturated rings. The average molecular weight is 403 g/mol. The van der Waals surface area contributed by atoms with Gasteiger partial charge >= 0.3 is 0 Å². The normalized spacial score (nSPS) is 10.6. The van der Waals surface area contributed by atoms with Gasteiger partial charge in [-0.1, -0.05) is 6.07 Å². The van der Waals surface area contributed by atoms with E-state index in [0.29, 0.717) is 29.0 Å². The third-order valence-corrected chi connectivity index (χ3v) is 4.62. The number of nitrogens with zero attached hydrogens (tertiary/aromatic N) is 4. The number of nitrogen functional groups attached to an aromatic ring is 1. The molecule has 8 nitrogen and oxygen atoms in total. The fraction of sp³-hybridized carbons (Fsp3) is 0.136. The van der Waals surface area contributed by atoms with Crippen LogP contribution in [0.25, 0.3) is 10.9 Å². The van der Waals surface area contributed by atoms with Crippen molar-refractivity contribution in [2.45, 2.75) is 0 Å². The summed E-state index contributed by atoms with van der Waals surface area (Å²) in [7, 11) is 4.71. The van der Waals surface area contributed by atoms with Gasteiger partial charge in [0.15, 0.2) is 11.5 Å². The lowest BCUT2D eigenvalue weighted by molar-refractivity contribution is 0.324. The summed E-state index contributed by atoms with van der Waals surface area (Å²) < 4.78 is 16.5. The lowest BCUT2D eigenvalue weighted by Crippen LogP contribution is -2.14. The summed E-state index contributed by atoms with van der Waals surface area (Å²) in [6.45, 7) is 0. The fourth-order valence-corrected chi connectivity index (χ4v) is 3.25. The van der Waals surface area contributed by atoms with Gasteiger partial charge < -0.3 is 19.9 Å². The van der Waals surface area contributed by atoms with E-state index in [1.54, 1.807) is 39.8 Å². The van der Waals surface area contributed by atoms with Crippen LogP contribution < -0.4 is 24.8 Å². The maximum Gasteiger partial charge on any atom is 0.236 e. The van der Waals surface area contributed by atoms with Gasteiger partial charge in [0.1, 0.15) is 5.82 Å². The van der Waals surface area contributed by atoms with Crippen LogP contribution >= 0.6 is 0 Å². The number of nitrogens with two attached hydrogens (primary N) is 1. The molecule has 2 aromatic heterocycles. The number of hydrogen-bond donors (Lipinski definition) is 1. The molecule has 4 rings (SSSR count). The lowest BCUT2D eigenvalue weighted by atomic mass is 10.1. The van der Waals surface area contributed by atoms with Crippen molar-refractivity contribution in [3.8, 4) is 17.2 Å². The Morgan fingerprint density at radius 1 is 0.800 bits per heavy atom. The lowest BCUT2D eigenvalue weighted by Gasteiger charge is -2.25. The van der Waals surface area contributed by atoms with Crippen LogP contribution in [-0.2, 0) is 0 Å². The van der Waals surface area contributed by atoms with Crippen molar-refractivity contribution in [1.82, 2.24) is 15.0 Å². The third kappa shape index (κ3) is 3.50. The second-order valence-electron chi connectivity index (χ2n) is 6.38. The Bertz CT molecular complexity index is 1170. The van der Waals surface area contributed by atoms with Gasteiger partial charge in [-0.2, -0.15) is 4.98 Å². The maximum absolute atomic E-state index is 5.94. The average Bonchev–Trinajstić information content (AvgIpc) is 2.78. The molecule has 2 N–H and O–H groups in total. The first kappa shape index (κ1) is 19.3. The molecule has 0 aliphatic rings. The Hall–Kier alpha value is -4.07. The topological polar surface area (TPSA) is 95.6 Å². The van der Waals surface area contributed by atoms with Crippen LogP contribution in [0, 0.1) is 0 Å². The second-order valence-corrected chi connectivity index (χ2v) is 6.38. The number of ether oxygens (including phenoxy) is 3. The molecule has 30 heavy (non-hydrogen) atoms. The molecule has 0 saturated carbocycles. The van der Waals surface area contributed by atoms with Gasteiger partial charge in [0, 0.05) is 35.6 Å². The largest absolute Gasteiger partial charge is 0.493 e. The highest BCUT2D eigenvalue weighted by molar-refractivity contribution is 5.86. The predicted molar refractivity (Wildman–Crippen MR) is 116 cm³/mol. The van der Waals surface area contributed by atoms with Crippen molar-refractivity contribution >= 4 is 34.0 Å². The van der Waals surface area contributed by atoms with E-state index in [4.69, 9.17) is 19.9 Å². The molecule has 2 aromatic carbocycles. The molecule has 8 heteroatoms. The summed E-state index contributed by atoms with van der Waals surface area (Å²) in [6.07, 6.45) is 3.38. The van der Waals surface area contributed by atoms with Crippen LogP contribution in [0.1, 0.15) is 0 Å². The zero-order chi connectivity index (χ0) is 21.1. The molecular weight excluding hydrogens is 382 g/mol. The van der Waals surface area contributed by atoms with E-state index in [0.717, 1.165) is 22.3 Å². The minimum absolute atomic E-state index is 0.361. The molecule has 4 aromatic rings. The monoisotopic (exact) mass is 403 g/mol. The van der Waals surface area contributed by atoms with Gasteiger partial charge in [0.2, 0.25) is 11.7 Å². The number of rotatable bonds is 6. The van der Waals surface area contributed by atoms with Crippen LogP contribution in [0.15, 0.2) is 60.9 Å². The number of aromatic nitrogens is 3. The molecule has 0 aliphatic carbocycles. The highest BCUT2D eigenvalue weighted by Gasteiger charge is 2.21. The van der Waals surface area contributed by atoms with Crippen molar-refractivity contribution in [2.24, 2.45) is 0 Å². The first-order chi connectivity index (χ1) is 14.6. The van der Waals surface area contributed by atoms with E-state index in [1.165, 1.54) is 0 Å². The van der Waals surface area contributed by atoms with E-state index in [-0.39, 0.29) is 0 Å². The molecule has 0 bridgehead atoms. The molecule has 0 radical (unpaired) electrons. The number of anilines is 4. The molecule has 0 unspecified atom stereocenters. The van der Waals surface area contributed by atoms with Crippen molar-refractivity contribution in [3.05, 3.63) is 60.9 Å². The van der Waals surface area contributed by atoms with Gasteiger partial charge in [-0.25, -0.2) is 4.98 Å². The van der Waals surface area contributed by atoms with Crippen LogP contribution in [-0.4, -0.2) is 36.3 Å². The maximum atomic E-state index is 5.94. The molecule has 0 saturated heterocycles. The first-order valence-electron chi connectivity index (χ1n) is 9.18. The number of methoxy groups -OCH3 is 3. The standard InChI is InChI=1S/C22H21N5O3/c1-28-18-12-16(13-19(29-2)21(18)30-3)27(22-25-10-8-20(23)26-22)15-6-7-17-14(11-15)5-4-9-24-17/h4-13H,1-3H3,(H2,23,25,26). The Kier molecular flexibility index (Phi) is 5.21. The highest BCUT2D eigenvalue weighted by Crippen LogP contribution is 2.44. The highest BCUT2D eigenvalue weighted by atomic mass is 16.5. The predicted octanol–water partition coefficient (Wildman–Crippen LogP) is 4.10. The minimum atomic E-state index is 0.361. The van der Waals surface area contributed by atoms with Crippen LogP contribution in [0.5, 0.6) is 17.2 Å². The smallest absolute Gasteiger partial charge is 0.236 e. The Morgan fingerprint density at radius 2 is 1.57 bits per heavy atom. The molecule has 2 heterocycles. The molecule has 0 amide bonds. The Morgan fingerprint density at radius 3 is 2.23 bits per heavy atom. The van der Waals surface area contributed by atoms with E-state index < -0.39 is 0 Å². The molecule has 152 valence electrons.